The molecule has 0 spiro atoms. The fourth-order valence-corrected chi connectivity index (χ4v) is 0.619. The van der Waals surface area contributed by atoms with Crippen LogP contribution in [0.1, 0.15) is 6.92 Å². The first kappa shape index (κ1) is 13.9. The molecular formula is C9H14N2O5. The van der Waals surface area contributed by atoms with E-state index in [0.717, 1.165) is 0 Å². The van der Waals surface area contributed by atoms with Crippen molar-refractivity contribution in [1.29, 1.82) is 0 Å². The zero-order valence-corrected chi connectivity index (χ0v) is 8.95. The van der Waals surface area contributed by atoms with Gasteiger partial charge in [-0.3, -0.25) is 9.59 Å². The minimum absolute atomic E-state index is 0.0703. The van der Waals surface area contributed by atoms with E-state index in [0.29, 0.717) is 0 Å². The molecule has 0 aromatic rings. The molecule has 0 radical (unpaired) electrons. The highest BCUT2D eigenvalue weighted by atomic mass is 16.5. The van der Waals surface area contributed by atoms with Gasteiger partial charge in [0.1, 0.15) is 13.2 Å². The van der Waals surface area contributed by atoms with Gasteiger partial charge in [0.15, 0.2) is 6.73 Å². The molecule has 90 valence electrons. The molecule has 0 aliphatic rings. The average molecular weight is 230 g/mol. The Bertz CT molecular complexity index is 277. The molecule has 0 aliphatic carbocycles. The van der Waals surface area contributed by atoms with Crippen molar-refractivity contribution in [3.8, 4) is 0 Å². The van der Waals surface area contributed by atoms with Crippen LogP contribution in [0.4, 0.5) is 4.79 Å². The number of alkyl carbamates (subject to hydrolysis) is 1. The number of ether oxygens (including phenoxy) is 2. The number of hydrogen-bond acceptors (Lipinski definition) is 5. The van der Waals surface area contributed by atoms with Crippen LogP contribution in [0.5, 0.6) is 0 Å². The van der Waals surface area contributed by atoms with Crippen LogP contribution in [-0.4, -0.2) is 37.9 Å². The van der Waals surface area contributed by atoms with Gasteiger partial charge in [0.25, 0.3) is 0 Å². The molecule has 2 amide bonds. The van der Waals surface area contributed by atoms with Crippen molar-refractivity contribution >= 4 is 18.0 Å². The standard InChI is InChI=1S/C9H14N2O5/c1-3-4-15-9(14)10-5-8(13)11-6-16-7(2)12/h3H,1,4-6H2,2H3,(H,10,14)(H,11,13). The van der Waals surface area contributed by atoms with Crippen LogP contribution < -0.4 is 10.6 Å². The fourth-order valence-electron chi connectivity index (χ4n) is 0.619. The molecule has 7 heteroatoms. The largest absolute Gasteiger partial charge is 0.445 e. The van der Waals surface area contributed by atoms with Crippen LogP contribution in [0.3, 0.4) is 0 Å². The van der Waals surface area contributed by atoms with Crippen molar-refractivity contribution in [2.45, 2.75) is 6.92 Å². The van der Waals surface area contributed by atoms with E-state index >= 15 is 0 Å². The highest BCUT2D eigenvalue weighted by molar-refractivity contribution is 5.82. The maximum Gasteiger partial charge on any atom is 0.407 e. The Hall–Kier alpha value is -2.05. The SMILES string of the molecule is C=CCOC(=O)NCC(=O)NCOC(C)=O. The van der Waals surface area contributed by atoms with E-state index in [2.05, 4.69) is 26.7 Å². The molecule has 0 aromatic carbocycles. The maximum absolute atomic E-state index is 11.0. The Morgan fingerprint density at radius 2 is 1.94 bits per heavy atom. The van der Waals surface area contributed by atoms with Crippen LogP contribution in [0, 0.1) is 0 Å². The van der Waals surface area contributed by atoms with Crippen molar-refractivity contribution in [3.63, 3.8) is 0 Å². The zero-order valence-electron chi connectivity index (χ0n) is 8.95. The monoisotopic (exact) mass is 230 g/mol. The van der Waals surface area contributed by atoms with Gasteiger partial charge >= 0.3 is 12.1 Å². The summed E-state index contributed by atoms with van der Waals surface area (Å²) in [6, 6.07) is 0. The summed E-state index contributed by atoms with van der Waals surface area (Å²) in [5.41, 5.74) is 0. The lowest BCUT2D eigenvalue weighted by Gasteiger charge is -2.06. The summed E-state index contributed by atoms with van der Waals surface area (Å²) in [5, 5.41) is 4.45. The lowest BCUT2D eigenvalue weighted by atomic mass is 10.6. The van der Waals surface area contributed by atoms with Crippen LogP contribution in [0.2, 0.25) is 0 Å². The number of carbonyl (C=O) groups is 3. The molecule has 0 unspecified atom stereocenters. The van der Waals surface area contributed by atoms with Crippen LogP contribution in [0.25, 0.3) is 0 Å². The molecule has 0 heterocycles. The van der Waals surface area contributed by atoms with Gasteiger partial charge in [-0.25, -0.2) is 4.79 Å². The number of esters is 1. The van der Waals surface area contributed by atoms with Crippen LogP contribution in [0.15, 0.2) is 12.7 Å². The van der Waals surface area contributed by atoms with E-state index in [4.69, 9.17) is 0 Å². The van der Waals surface area contributed by atoms with Crippen molar-refractivity contribution in [2.75, 3.05) is 19.9 Å². The lowest BCUT2D eigenvalue weighted by Crippen LogP contribution is -2.38. The van der Waals surface area contributed by atoms with Gasteiger partial charge in [-0.05, 0) is 0 Å². The van der Waals surface area contributed by atoms with E-state index in [1.54, 1.807) is 0 Å². The molecular weight excluding hydrogens is 216 g/mol. The third kappa shape index (κ3) is 8.54. The molecule has 0 rings (SSSR count). The average Bonchev–Trinajstić information content (AvgIpc) is 2.23. The Balaban J connectivity index is 3.53. The second kappa shape index (κ2) is 8.27. The van der Waals surface area contributed by atoms with Crippen LogP contribution in [-0.2, 0) is 19.1 Å². The van der Waals surface area contributed by atoms with Crippen molar-refractivity contribution < 1.29 is 23.9 Å². The Morgan fingerprint density at radius 3 is 2.50 bits per heavy atom. The molecule has 0 fully saturated rings. The first-order valence-electron chi connectivity index (χ1n) is 4.48. The van der Waals surface area contributed by atoms with Gasteiger partial charge in [-0.15, -0.1) is 0 Å². The summed E-state index contributed by atoms with van der Waals surface area (Å²) in [7, 11) is 0. The minimum atomic E-state index is -0.720. The minimum Gasteiger partial charge on any atom is -0.445 e. The summed E-state index contributed by atoms with van der Waals surface area (Å²) in [5.74, 6) is -0.990. The molecule has 0 saturated heterocycles. The van der Waals surface area contributed by atoms with E-state index in [1.807, 2.05) is 0 Å². The predicted molar refractivity (Wildman–Crippen MR) is 54.3 cm³/mol. The van der Waals surface area contributed by atoms with Crippen molar-refractivity contribution in [2.24, 2.45) is 0 Å². The lowest BCUT2D eigenvalue weighted by molar-refractivity contribution is -0.142. The molecule has 0 atom stereocenters. The van der Waals surface area contributed by atoms with Crippen LogP contribution >= 0.6 is 0 Å². The van der Waals surface area contributed by atoms with Crippen molar-refractivity contribution in [3.05, 3.63) is 12.7 Å². The Kier molecular flexibility index (Phi) is 7.21. The number of hydrogen-bond donors (Lipinski definition) is 2. The maximum atomic E-state index is 11.0. The zero-order chi connectivity index (χ0) is 12.4. The number of carbonyl (C=O) groups excluding carboxylic acids is 3. The van der Waals surface area contributed by atoms with E-state index in [1.165, 1.54) is 13.0 Å². The summed E-state index contributed by atoms with van der Waals surface area (Å²) in [6.45, 7) is 4.16. The highest BCUT2D eigenvalue weighted by Gasteiger charge is 2.05. The molecule has 0 aromatic heterocycles. The number of amides is 2. The molecule has 16 heavy (non-hydrogen) atoms. The van der Waals surface area contributed by atoms with Gasteiger partial charge in [0, 0.05) is 6.92 Å². The number of nitrogens with one attached hydrogen (secondary N) is 2. The molecule has 0 bridgehead atoms. The molecule has 0 aliphatic heterocycles. The quantitative estimate of drug-likeness (QED) is 0.365. The highest BCUT2D eigenvalue weighted by Crippen LogP contribution is 1.78. The van der Waals surface area contributed by atoms with Gasteiger partial charge in [0.05, 0.1) is 0 Å². The first-order valence-corrected chi connectivity index (χ1v) is 4.48. The predicted octanol–water partition coefficient (Wildman–Crippen LogP) is -0.465. The second-order valence-electron chi connectivity index (χ2n) is 2.62. The van der Waals surface area contributed by atoms with E-state index in [9.17, 15) is 14.4 Å². The third-order valence-electron chi connectivity index (χ3n) is 1.27. The second-order valence-corrected chi connectivity index (χ2v) is 2.62. The molecule has 0 saturated carbocycles. The van der Waals surface area contributed by atoms with Gasteiger partial charge in [0.2, 0.25) is 5.91 Å². The number of rotatable bonds is 6. The molecule has 7 nitrogen and oxygen atoms in total. The third-order valence-corrected chi connectivity index (χ3v) is 1.27. The smallest absolute Gasteiger partial charge is 0.407 e. The van der Waals surface area contributed by atoms with Gasteiger partial charge < -0.3 is 20.1 Å². The first-order chi connectivity index (χ1) is 7.56. The fraction of sp³-hybridized carbons (Fsp3) is 0.444. The normalized spacial score (nSPS) is 8.81. The topological polar surface area (TPSA) is 93.7 Å². The van der Waals surface area contributed by atoms with E-state index in [-0.39, 0.29) is 19.9 Å². The Labute approximate surface area is 92.8 Å². The van der Waals surface area contributed by atoms with Gasteiger partial charge in [-0.1, -0.05) is 12.7 Å². The van der Waals surface area contributed by atoms with Crippen molar-refractivity contribution in [1.82, 2.24) is 10.6 Å². The Morgan fingerprint density at radius 1 is 1.25 bits per heavy atom. The molecule has 2 N–H and O–H groups in total. The summed E-state index contributed by atoms with van der Waals surface area (Å²) in [6.07, 6.45) is 0.683. The summed E-state index contributed by atoms with van der Waals surface area (Å²) in [4.78, 5) is 32.2. The summed E-state index contributed by atoms with van der Waals surface area (Å²) >= 11 is 0. The van der Waals surface area contributed by atoms with Gasteiger partial charge in [-0.2, -0.15) is 0 Å². The summed E-state index contributed by atoms with van der Waals surface area (Å²) < 4.78 is 9.01. The van der Waals surface area contributed by atoms with E-state index < -0.39 is 18.0 Å².